The van der Waals surface area contributed by atoms with Gasteiger partial charge in [0.25, 0.3) is 0 Å². The van der Waals surface area contributed by atoms with Crippen molar-refractivity contribution >= 4 is 25.0 Å². The quantitative estimate of drug-likeness (QED) is 0.536. The highest BCUT2D eigenvalue weighted by Crippen LogP contribution is 2.37. The van der Waals surface area contributed by atoms with Crippen LogP contribution >= 0.6 is 7.80 Å². The highest BCUT2D eigenvalue weighted by Gasteiger charge is 2.17. The molecule has 0 fully saturated rings. The Morgan fingerprint density at radius 3 is 1.79 bits per heavy atom. The lowest BCUT2D eigenvalue weighted by Crippen LogP contribution is -2.04. The fourth-order valence-corrected chi connectivity index (χ4v) is 4.19. The molecule has 0 saturated carbocycles. The Morgan fingerprint density at radius 2 is 1.31 bits per heavy atom. The summed E-state index contributed by atoms with van der Waals surface area (Å²) in [6.07, 6.45) is 1.73. The third-order valence-corrected chi connectivity index (χ3v) is 5.84. The number of carboxylic acid groups (broad SMARTS) is 2. The summed E-state index contributed by atoms with van der Waals surface area (Å²) in [5.74, 6) is -0.405. The van der Waals surface area contributed by atoms with Crippen LogP contribution in [-0.2, 0) is 4.57 Å². The summed E-state index contributed by atoms with van der Waals surface area (Å²) >= 11 is 0. The van der Waals surface area contributed by atoms with Crippen molar-refractivity contribution in [2.45, 2.75) is 6.92 Å². The molecule has 1 radical (unpaired) electrons. The van der Waals surface area contributed by atoms with Gasteiger partial charge in [-0.05, 0) is 59.8 Å². The molecular weight excluding hydrogens is 387 g/mol. The monoisotopic (exact) mass is 405 g/mol. The van der Waals surface area contributed by atoms with E-state index in [9.17, 15) is 14.2 Å². The van der Waals surface area contributed by atoms with Crippen molar-refractivity contribution in [2.24, 2.45) is 0 Å². The molecule has 0 aliphatic rings. The summed E-state index contributed by atoms with van der Waals surface area (Å²) in [6, 6.07) is 18.3. The highest BCUT2D eigenvalue weighted by molar-refractivity contribution is 7.57. The highest BCUT2D eigenvalue weighted by atomic mass is 31.1. The number of benzene rings is 3. The minimum atomic E-state index is -1.80. The molecule has 0 heterocycles. The lowest BCUT2D eigenvalue weighted by atomic mass is 9.93. The number of hydrogen-bond acceptors (Lipinski definition) is 3. The summed E-state index contributed by atoms with van der Waals surface area (Å²) in [4.78, 5) is 22.3. The van der Waals surface area contributed by atoms with Crippen LogP contribution in [0.4, 0.5) is 0 Å². The Kier molecular flexibility index (Phi) is 6.01. The summed E-state index contributed by atoms with van der Waals surface area (Å²) in [5, 5.41) is 18.9. The zero-order valence-corrected chi connectivity index (χ0v) is 16.5. The molecule has 3 aromatic carbocycles. The minimum absolute atomic E-state index is 0.163. The topological polar surface area (TPSA) is 91.7 Å². The second-order valence-electron chi connectivity index (χ2n) is 6.27. The van der Waals surface area contributed by atoms with Gasteiger partial charge >= 0.3 is 11.9 Å². The Hall–Kier alpha value is -3.56. The van der Waals surface area contributed by atoms with Gasteiger partial charge in [-0.25, -0.2) is 9.59 Å². The molecule has 3 rings (SSSR count). The molecule has 2 N–H and O–H groups in total. The SMILES string of the molecule is CC=C[P](=O)c1cccc(-c2ccc(C(=O)O)cc2)c1-c1ccc(C(=O)O)cc1. The van der Waals surface area contributed by atoms with E-state index in [2.05, 4.69) is 0 Å². The summed E-state index contributed by atoms with van der Waals surface area (Å²) in [7, 11) is -1.80. The molecule has 0 bridgehead atoms. The predicted molar refractivity (Wildman–Crippen MR) is 113 cm³/mol. The number of hydrogen-bond donors (Lipinski definition) is 2. The van der Waals surface area contributed by atoms with Gasteiger partial charge in [0.2, 0.25) is 0 Å². The molecule has 1 unspecified atom stereocenters. The number of aromatic carboxylic acids is 2. The van der Waals surface area contributed by atoms with Crippen LogP contribution < -0.4 is 5.30 Å². The fraction of sp³-hybridized carbons (Fsp3) is 0.0435. The molecule has 0 aliphatic carbocycles. The molecule has 6 heteroatoms. The lowest BCUT2D eigenvalue weighted by Gasteiger charge is -2.15. The largest absolute Gasteiger partial charge is 0.478 e. The first-order valence-electron chi connectivity index (χ1n) is 8.82. The van der Waals surface area contributed by atoms with Gasteiger partial charge in [0.05, 0.1) is 11.1 Å². The molecule has 1 atom stereocenters. The van der Waals surface area contributed by atoms with Gasteiger partial charge in [0, 0.05) is 10.9 Å². The van der Waals surface area contributed by atoms with Crippen molar-refractivity contribution in [1.29, 1.82) is 0 Å². The second kappa shape index (κ2) is 8.63. The molecule has 145 valence electrons. The van der Waals surface area contributed by atoms with Crippen molar-refractivity contribution in [2.75, 3.05) is 0 Å². The fourth-order valence-electron chi connectivity index (χ4n) is 3.06. The molecule has 0 saturated heterocycles. The van der Waals surface area contributed by atoms with Crippen LogP contribution in [0.5, 0.6) is 0 Å². The van der Waals surface area contributed by atoms with Crippen LogP contribution in [0, 0.1) is 0 Å². The maximum Gasteiger partial charge on any atom is 0.335 e. The molecule has 5 nitrogen and oxygen atoms in total. The first-order valence-corrected chi connectivity index (χ1v) is 10.1. The third-order valence-electron chi connectivity index (χ3n) is 4.43. The predicted octanol–water partition coefficient (Wildman–Crippen LogP) is 5.40. The average Bonchev–Trinajstić information content (AvgIpc) is 2.73. The lowest BCUT2D eigenvalue weighted by molar-refractivity contribution is 0.0686. The van der Waals surface area contributed by atoms with Gasteiger partial charge in [0.15, 0.2) is 0 Å². The van der Waals surface area contributed by atoms with Crippen molar-refractivity contribution in [1.82, 2.24) is 0 Å². The Labute approximate surface area is 168 Å². The maximum atomic E-state index is 12.8. The van der Waals surface area contributed by atoms with Gasteiger partial charge in [-0.15, -0.1) is 0 Å². The standard InChI is InChI=1S/C23H18O5P/c1-2-14-29(28)20-5-3-4-19(15-6-10-17(11-7-15)22(24)25)21(20)16-8-12-18(13-9-16)23(26)27/h2-14H,1H3,(H,24,25)(H,26,27). The van der Waals surface area contributed by atoms with E-state index in [0.29, 0.717) is 5.30 Å². The zero-order chi connectivity index (χ0) is 21.0. The van der Waals surface area contributed by atoms with E-state index in [-0.39, 0.29) is 11.1 Å². The number of allylic oxidation sites excluding steroid dienone is 1. The Balaban J connectivity index is 2.23. The van der Waals surface area contributed by atoms with Crippen LogP contribution in [0.25, 0.3) is 22.3 Å². The average molecular weight is 405 g/mol. The van der Waals surface area contributed by atoms with Crippen molar-refractivity contribution in [3.05, 3.63) is 89.8 Å². The molecular formula is C23H18O5P. The zero-order valence-electron chi connectivity index (χ0n) is 15.6. The molecule has 0 spiro atoms. The number of rotatable bonds is 6. The van der Waals surface area contributed by atoms with E-state index in [1.54, 1.807) is 49.1 Å². The van der Waals surface area contributed by atoms with Crippen LogP contribution in [0.15, 0.2) is 78.6 Å². The van der Waals surface area contributed by atoms with Crippen LogP contribution in [0.2, 0.25) is 0 Å². The summed E-state index contributed by atoms with van der Waals surface area (Å²) in [5.41, 5.74) is 3.37. The van der Waals surface area contributed by atoms with Crippen LogP contribution in [0.3, 0.4) is 0 Å². The molecule has 0 amide bonds. The van der Waals surface area contributed by atoms with Gasteiger partial charge < -0.3 is 10.2 Å². The minimum Gasteiger partial charge on any atom is -0.478 e. The number of carboxylic acids is 2. The summed E-state index contributed by atoms with van der Waals surface area (Å²) in [6.45, 7) is 1.79. The van der Waals surface area contributed by atoms with E-state index >= 15 is 0 Å². The van der Waals surface area contributed by atoms with Crippen LogP contribution in [0.1, 0.15) is 27.6 Å². The van der Waals surface area contributed by atoms with Gasteiger partial charge in [-0.2, -0.15) is 0 Å². The first kappa shape index (κ1) is 20.2. The Morgan fingerprint density at radius 1 is 0.793 bits per heavy atom. The van der Waals surface area contributed by atoms with Crippen molar-refractivity contribution < 1.29 is 24.4 Å². The van der Waals surface area contributed by atoms with E-state index in [1.165, 1.54) is 24.3 Å². The smallest absolute Gasteiger partial charge is 0.335 e. The molecule has 3 aromatic rings. The Bertz CT molecular complexity index is 1110. The van der Waals surface area contributed by atoms with Crippen molar-refractivity contribution in [3.8, 4) is 22.3 Å². The third kappa shape index (κ3) is 4.31. The van der Waals surface area contributed by atoms with E-state index < -0.39 is 19.7 Å². The first-order chi connectivity index (χ1) is 13.9. The van der Waals surface area contributed by atoms with Gasteiger partial charge in [-0.3, -0.25) is 4.57 Å². The molecule has 29 heavy (non-hydrogen) atoms. The second-order valence-corrected chi connectivity index (χ2v) is 7.70. The van der Waals surface area contributed by atoms with Crippen molar-refractivity contribution in [3.63, 3.8) is 0 Å². The van der Waals surface area contributed by atoms with Crippen LogP contribution in [-0.4, -0.2) is 22.2 Å². The maximum absolute atomic E-state index is 12.8. The van der Waals surface area contributed by atoms with Gasteiger partial charge in [-0.1, -0.05) is 42.5 Å². The summed E-state index contributed by atoms with van der Waals surface area (Å²) < 4.78 is 12.8. The molecule has 0 aliphatic heterocycles. The number of carbonyl (C=O) groups is 2. The van der Waals surface area contributed by atoms with Gasteiger partial charge in [0.1, 0.15) is 7.80 Å². The van der Waals surface area contributed by atoms with E-state index in [4.69, 9.17) is 10.2 Å². The van der Waals surface area contributed by atoms with E-state index in [0.717, 1.165) is 22.3 Å². The normalized spacial score (nSPS) is 11.4. The van der Waals surface area contributed by atoms with E-state index in [1.807, 2.05) is 12.1 Å². The molecule has 0 aromatic heterocycles.